The number of hydrogen-bond acceptors (Lipinski definition) is 9. The third-order valence-corrected chi connectivity index (χ3v) is 6.90. The van der Waals surface area contributed by atoms with Crippen molar-refractivity contribution in [3.63, 3.8) is 0 Å². The average molecular weight is 529 g/mol. The number of alkyl halides is 1. The van der Waals surface area contributed by atoms with Gasteiger partial charge in [-0.1, -0.05) is 18.2 Å². The number of halogens is 1. The SMILES string of the molecule is CC(C)OC(=O)C(C)NP(=O)(Oc1ccccc1)OC1C(CO)OC(n2ccc(=O)[nH]c2=O)C1(C)F. The van der Waals surface area contributed by atoms with Crippen molar-refractivity contribution in [2.45, 2.75) is 63.9 Å². The molecule has 0 radical (unpaired) electrons. The van der Waals surface area contributed by atoms with Gasteiger partial charge in [-0.15, -0.1) is 0 Å². The molecule has 198 valence electrons. The highest BCUT2D eigenvalue weighted by Crippen LogP contribution is 2.52. The second-order valence-electron chi connectivity index (χ2n) is 8.64. The van der Waals surface area contributed by atoms with Crippen molar-refractivity contribution in [1.29, 1.82) is 0 Å². The van der Waals surface area contributed by atoms with E-state index in [-0.39, 0.29) is 5.75 Å². The van der Waals surface area contributed by atoms with Gasteiger partial charge in [-0.2, -0.15) is 5.09 Å². The van der Waals surface area contributed by atoms with Crippen LogP contribution in [0.15, 0.2) is 52.2 Å². The highest BCUT2D eigenvalue weighted by molar-refractivity contribution is 7.52. The second-order valence-corrected chi connectivity index (χ2v) is 10.3. The van der Waals surface area contributed by atoms with Crippen molar-refractivity contribution in [2.24, 2.45) is 0 Å². The zero-order valence-electron chi connectivity index (χ0n) is 20.1. The lowest BCUT2D eigenvalue weighted by Gasteiger charge is -2.31. The zero-order valence-corrected chi connectivity index (χ0v) is 21.0. The summed E-state index contributed by atoms with van der Waals surface area (Å²) in [5, 5.41) is 12.3. The first-order valence-corrected chi connectivity index (χ1v) is 12.7. The van der Waals surface area contributed by atoms with Gasteiger partial charge in [-0.3, -0.25) is 23.7 Å². The maximum absolute atomic E-state index is 16.2. The number of nitrogens with one attached hydrogen (secondary N) is 2. The first-order valence-electron chi connectivity index (χ1n) is 11.1. The van der Waals surface area contributed by atoms with Crippen LogP contribution in [0.1, 0.15) is 33.9 Å². The van der Waals surface area contributed by atoms with Crippen LogP contribution in [0, 0.1) is 0 Å². The van der Waals surface area contributed by atoms with Crippen molar-refractivity contribution < 1.29 is 37.4 Å². The molecule has 0 spiro atoms. The predicted molar refractivity (Wildman–Crippen MR) is 125 cm³/mol. The Labute approximate surface area is 205 Å². The molecule has 1 fully saturated rings. The quantitative estimate of drug-likeness (QED) is 0.305. The molecule has 2 aromatic rings. The van der Waals surface area contributed by atoms with Crippen LogP contribution in [-0.4, -0.2) is 57.3 Å². The Morgan fingerprint density at radius 2 is 1.94 bits per heavy atom. The fraction of sp³-hybridized carbons (Fsp3) is 0.500. The van der Waals surface area contributed by atoms with E-state index >= 15 is 4.39 Å². The minimum atomic E-state index is -4.54. The van der Waals surface area contributed by atoms with E-state index in [1.165, 1.54) is 19.1 Å². The molecule has 1 aliphatic heterocycles. The maximum atomic E-state index is 16.2. The Morgan fingerprint density at radius 1 is 1.28 bits per heavy atom. The number of para-hydroxylation sites is 1. The fourth-order valence-electron chi connectivity index (χ4n) is 3.61. The molecule has 1 saturated heterocycles. The number of H-pyrrole nitrogens is 1. The summed E-state index contributed by atoms with van der Waals surface area (Å²) in [5.41, 5.74) is -4.22. The van der Waals surface area contributed by atoms with Crippen LogP contribution in [0.2, 0.25) is 0 Å². The van der Waals surface area contributed by atoms with Gasteiger partial charge < -0.3 is 19.1 Å². The van der Waals surface area contributed by atoms with Crippen molar-refractivity contribution in [3.8, 4) is 5.75 Å². The van der Waals surface area contributed by atoms with Crippen molar-refractivity contribution >= 4 is 13.7 Å². The molecule has 6 unspecified atom stereocenters. The number of aromatic amines is 1. The molecule has 14 heteroatoms. The Bertz CT molecular complexity index is 1220. The predicted octanol–water partition coefficient (Wildman–Crippen LogP) is 1.66. The topological polar surface area (TPSA) is 158 Å². The lowest BCUT2D eigenvalue weighted by atomic mass is 9.98. The standard InChI is InChI=1S/C22H29FN3O9P/c1-13(2)32-19(29)14(3)25-36(31,34-15-8-6-5-7-9-15)35-18-16(12-27)33-20(22(18,4)23)26-11-10-17(28)24-21(26)30/h5-11,13-14,16,18,20,27H,12H2,1-4H3,(H,25,31)(H,24,28,30). The third-order valence-electron chi connectivity index (χ3n) is 5.24. The number of benzene rings is 1. The molecule has 1 aromatic carbocycles. The van der Waals surface area contributed by atoms with Gasteiger partial charge in [0.15, 0.2) is 11.9 Å². The summed E-state index contributed by atoms with van der Waals surface area (Å²) in [6.07, 6.45) is -4.21. The van der Waals surface area contributed by atoms with Crippen LogP contribution in [0.5, 0.6) is 5.75 Å². The Kier molecular flexibility index (Phi) is 8.52. The molecule has 12 nitrogen and oxygen atoms in total. The van der Waals surface area contributed by atoms with Gasteiger partial charge in [-0.05, 0) is 39.8 Å². The smallest absolute Gasteiger partial charge is 0.459 e. The largest absolute Gasteiger partial charge is 0.462 e. The van der Waals surface area contributed by atoms with Gasteiger partial charge in [0.1, 0.15) is 24.0 Å². The molecule has 0 aliphatic carbocycles. The van der Waals surface area contributed by atoms with E-state index in [9.17, 15) is 24.1 Å². The summed E-state index contributed by atoms with van der Waals surface area (Å²) >= 11 is 0. The summed E-state index contributed by atoms with van der Waals surface area (Å²) in [4.78, 5) is 38.0. The van der Waals surface area contributed by atoms with E-state index < -0.39 is 67.8 Å². The van der Waals surface area contributed by atoms with Gasteiger partial charge in [0.2, 0.25) is 0 Å². The summed E-state index contributed by atoms with van der Waals surface area (Å²) in [6.45, 7) is 4.89. The molecule has 2 heterocycles. The zero-order chi connectivity index (χ0) is 26.7. The lowest BCUT2D eigenvalue weighted by Crippen LogP contribution is -2.46. The summed E-state index contributed by atoms with van der Waals surface area (Å²) in [6, 6.07) is 7.64. The number of aliphatic hydroxyl groups excluding tert-OH is 1. The average Bonchev–Trinajstić information content (AvgIpc) is 3.03. The van der Waals surface area contributed by atoms with E-state index in [1.54, 1.807) is 32.0 Å². The van der Waals surface area contributed by atoms with E-state index in [0.29, 0.717) is 0 Å². The van der Waals surface area contributed by atoms with Crippen LogP contribution >= 0.6 is 7.75 Å². The molecule has 6 atom stereocenters. The Balaban J connectivity index is 1.95. The van der Waals surface area contributed by atoms with Crippen LogP contribution in [0.3, 0.4) is 0 Å². The minimum Gasteiger partial charge on any atom is -0.462 e. The number of aliphatic hydroxyl groups is 1. The van der Waals surface area contributed by atoms with E-state index in [0.717, 1.165) is 23.8 Å². The second kappa shape index (κ2) is 11.1. The number of hydrogen-bond donors (Lipinski definition) is 3. The normalized spacial score (nSPS) is 26.4. The molecule has 0 bridgehead atoms. The van der Waals surface area contributed by atoms with E-state index in [1.807, 2.05) is 4.98 Å². The molecular formula is C22H29FN3O9P. The van der Waals surface area contributed by atoms with E-state index in [2.05, 4.69) is 5.09 Å². The van der Waals surface area contributed by atoms with E-state index in [4.69, 9.17) is 18.5 Å². The number of ether oxygens (including phenoxy) is 2. The number of nitrogens with zero attached hydrogens (tertiary/aromatic N) is 1. The van der Waals surface area contributed by atoms with Crippen LogP contribution in [0.25, 0.3) is 0 Å². The van der Waals surface area contributed by atoms with Crippen molar-refractivity contribution in [1.82, 2.24) is 14.6 Å². The molecule has 1 aromatic heterocycles. The summed E-state index contributed by atoms with van der Waals surface area (Å²) in [5.74, 6) is -0.668. The van der Waals surface area contributed by atoms with Crippen LogP contribution < -0.4 is 20.9 Å². The van der Waals surface area contributed by atoms with Gasteiger partial charge in [0.05, 0.1) is 12.7 Å². The monoisotopic (exact) mass is 529 g/mol. The Hall–Kier alpha value is -2.83. The number of carbonyl (C=O) groups is 1. The van der Waals surface area contributed by atoms with Crippen LogP contribution in [-0.2, 0) is 23.4 Å². The van der Waals surface area contributed by atoms with Gasteiger partial charge >= 0.3 is 19.4 Å². The summed E-state index contributed by atoms with van der Waals surface area (Å²) in [7, 11) is -4.54. The molecular weight excluding hydrogens is 500 g/mol. The third kappa shape index (κ3) is 6.29. The van der Waals surface area contributed by atoms with Crippen molar-refractivity contribution in [3.05, 3.63) is 63.4 Å². The first kappa shape index (κ1) is 27.8. The fourth-order valence-corrected chi connectivity index (χ4v) is 5.38. The Morgan fingerprint density at radius 3 is 2.53 bits per heavy atom. The number of aromatic nitrogens is 2. The molecule has 36 heavy (non-hydrogen) atoms. The number of carbonyl (C=O) groups excluding carboxylic acids is 1. The molecule has 3 rings (SSSR count). The molecule has 0 saturated carbocycles. The highest BCUT2D eigenvalue weighted by atomic mass is 31.2. The lowest BCUT2D eigenvalue weighted by molar-refractivity contribution is -0.149. The van der Waals surface area contributed by atoms with Crippen LogP contribution in [0.4, 0.5) is 4.39 Å². The van der Waals surface area contributed by atoms with Gasteiger partial charge in [-0.25, -0.2) is 13.8 Å². The molecule has 1 aliphatic rings. The highest BCUT2D eigenvalue weighted by Gasteiger charge is 2.59. The van der Waals surface area contributed by atoms with Gasteiger partial charge in [0, 0.05) is 12.3 Å². The number of esters is 1. The number of rotatable bonds is 10. The minimum absolute atomic E-state index is 0.0891. The molecule has 3 N–H and O–H groups in total. The molecule has 0 amide bonds. The maximum Gasteiger partial charge on any atom is 0.459 e. The van der Waals surface area contributed by atoms with Crippen molar-refractivity contribution in [2.75, 3.05) is 6.61 Å². The van der Waals surface area contributed by atoms with Gasteiger partial charge in [0.25, 0.3) is 5.56 Å². The first-order chi connectivity index (χ1) is 16.9. The summed E-state index contributed by atoms with van der Waals surface area (Å²) < 4.78 is 52.7.